The second-order valence-electron chi connectivity index (χ2n) is 4.53. The van der Waals surface area contributed by atoms with Crippen LogP contribution in [0.1, 0.15) is 48.5 Å². The SMILES string of the molecule is CCCCC#Cc1ccc(NCCCO)c(C(N)=O)c1. The summed E-state index contributed by atoms with van der Waals surface area (Å²) in [6.45, 7) is 2.83. The second-order valence-corrected chi connectivity index (χ2v) is 4.53. The van der Waals surface area contributed by atoms with Gasteiger partial charge >= 0.3 is 0 Å². The van der Waals surface area contributed by atoms with Gasteiger partial charge in [0.15, 0.2) is 0 Å². The van der Waals surface area contributed by atoms with Crippen LogP contribution in [-0.4, -0.2) is 24.2 Å². The summed E-state index contributed by atoms with van der Waals surface area (Å²) < 4.78 is 0. The summed E-state index contributed by atoms with van der Waals surface area (Å²) in [5.41, 5.74) is 7.30. The number of aliphatic hydroxyl groups is 1. The van der Waals surface area contributed by atoms with Gasteiger partial charge in [-0.25, -0.2) is 0 Å². The van der Waals surface area contributed by atoms with Crippen molar-refractivity contribution in [2.75, 3.05) is 18.5 Å². The number of hydrogen-bond donors (Lipinski definition) is 3. The van der Waals surface area contributed by atoms with Crippen LogP contribution in [0, 0.1) is 11.8 Å². The Balaban J connectivity index is 2.82. The Morgan fingerprint density at radius 3 is 2.85 bits per heavy atom. The zero-order chi connectivity index (χ0) is 14.8. The molecule has 20 heavy (non-hydrogen) atoms. The predicted molar refractivity (Wildman–Crippen MR) is 81.6 cm³/mol. The Kier molecular flexibility index (Phi) is 7.23. The highest BCUT2D eigenvalue weighted by molar-refractivity contribution is 5.98. The third kappa shape index (κ3) is 5.33. The topological polar surface area (TPSA) is 75.3 Å². The van der Waals surface area contributed by atoms with Crippen LogP contribution in [0.2, 0.25) is 0 Å². The molecule has 108 valence electrons. The maximum Gasteiger partial charge on any atom is 0.250 e. The smallest absolute Gasteiger partial charge is 0.250 e. The molecule has 0 aliphatic rings. The zero-order valence-corrected chi connectivity index (χ0v) is 11.9. The van der Waals surface area contributed by atoms with Crippen molar-refractivity contribution in [3.05, 3.63) is 29.3 Å². The number of unbranched alkanes of at least 4 members (excludes halogenated alkanes) is 2. The molecule has 0 heterocycles. The van der Waals surface area contributed by atoms with E-state index in [1.807, 2.05) is 6.07 Å². The van der Waals surface area contributed by atoms with Gasteiger partial charge < -0.3 is 16.2 Å². The number of carbonyl (C=O) groups is 1. The van der Waals surface area contributed by atoms with Crippen molar-refractivity contribution in [3.8, 4) is 11.8 Å². The standard InChI is InChI=1S/C16H22N2O2/c1-2-3-4-5-7-13-8-9-15(18-10-6-11-19)14(12-13)16(17)20/h8-9,12,18-19H,2-4,6,10-11H2,1H3,(H2,17,20). The van der Waals surface area contributed by atoms with Gasteiger partial charge in [-0.05, 0) is 31.0 Å². The molecule has 1 amide bonds. The molecule has 0 radical (unpaired) electrons. The van der Waals surface area contributed by atoms with E-state index in [1.165, 1.54) is 0 Å². The van der Waals surface area contributed by atoms with Gasteiger partial charge in [0.2, 0.25) is 0 Å². The van der Waals surface area contributed by atoms with Crippen LogP contribution in [0.5, 0.6) is 0 Å². The first kappa shape index (κ1) is 16.1. The highest BCUT2D eigenvalue weighted by Gasteiger charge is 2.08. The summed E-state index contributed by atoms with van der Waals surface area (Å²) in [5.74, 6) is 5.65. The molecule has 1 aromatic rings. The number of hydrogen-bond acceptors (Lipinski definition) is 3. The van der Waals surface area contributed by atoms with E-state index in [1.54, 1.807) is 12.1 Å². The molecule has 0 saturated heterocycles. The molecule has 0 aliphatic carbocycles. The lowest BCUT2D eigenvalue weighted by Crippen LogP contribution is -2.15. The molecule has 1 aromatic carbocycles. The summed E-state index contributed by atoms with van der Waals surface area (Å²) in [6, 6.07) is 5.39. The Morgan fingerprint density at radius 2 is 2.20 bits per heavy atom. The Bertz CT molecular complexity index is 501. The van der Waals surface area contributed by atoms with Crippen LogP contribution >= 0.6 is 0 Å². The largest absolute Gasteiger partial charge is 0.396 e. The minimum Gasteiger partial charge on any atom is -0.396 e. The molecule has 0 atom stereocenters. The molecule has 0 aliphatic heterocycles. The monoisotopic (exact) mass is 274 g/mol. The van der Waals surface area contributed by atoms with Gasteiger partial charge in [0.05, 0.1) is 5.56 Å². The lowest BCUT2D eigenvalue weighted by Gasteiger charge is -2.09. The van der Waals surface area contributed by atoms with Gasteiger partial charge in [-0.15, -0.1) is 0 Å². The fourth-order valence-corrected chi connectivity index (χ4v) is 1.71. The maximum absolute atomic E-state index is 11.5. The van der Waals surface area contributed by atoms with Gasteiger partial charge in [0, 0.05) is 30.8 Å². The number of rotatable bonds is 7. The first-order chi connectivity index (χ1) is 9.69. The molecule has 4 N–H and O–H groups in total. The molecule has 0 unspecified atom stereocenters. The third-order valence-corrected chi connectivity index (χ3v) is 2.82. The van der Waals surface area contributed by atoms with Crippen LogP contribution in [0.3, 0.4) is 0 Å². The number of benzene rings is 1. The molecule has 4 nitrogen and oxygen atoms in total. The lowest BCUT2D eigenvalue weighted by atomic mass is 10.1. The fourth-order valence-electron chi connectivity index (χ4n) is 1.71. The molecule has 0 aromatic heterocycles. The average Bonchev–Trinajstić information content (AvgIpc) is 2.44. The molecular formula is C16H22N2O2. The number of carbonyl (C=O) groups excluding carboxylic acids is 1. The van der Waals surface area contributed by atoms with Crippen LogP contribution in [-0.2, 0) is 0 Å². The molecule has 0 fully saturated rings. The number of primary amides is 1. The van der Waals surface area contributed by atoms with E-state index >= 15 is 0 Å². The van der Waals surface area contributed by atoms with Crippen molar-refractivity contribution in [2.45, 2.75) is 32.6 Å². The lowest BCUT2D eigenvalue weighted by molar-refractivity contribution is 0.100. The van der Waals surface area contributed by atoms with Crippen molar-refractivity contribution in [2.24, 2.45) is 5.73 Å². The van der Waals surface area contributed by atoms with Crippen LogP contribution in [0.15, 0.2) is 18.2 Å². The van der Waals surface area contributed by atoms with Crippen molar-refractivity contribution < 1.29 is 9.90 Å². The van der Waals surface area contributed by atoms with Gasteiger partial charge in [-0.3, -0.25) is 4.79 Å². The predicted octanol–water partition coefficient (Wildman–Crippen LogP) is 2.12. The summed E-state index contributed by atoms with van der Waals surface area (Å²) in [6.07, 6.45) is 3.68. The minimum atomic E-state index is -0.478. The van der Waals surface area contributed by atoms with Gasteiger partial charge in [0.1, 0.15) is 0 Å². The van der Waals surface area contributed by atoms with Gasteiger partial charge in [-0.2, -0.15) is 0 Å². The van der Waals surface area contributed by atoms with Crippen molar-refractivity contribution in [1.29, 1.82) is 0 Å². The average molecular weight is 274 g/mol. The molecule has 4 heteroatoms. The Morgan fingerprint density at radius 1 is 1.40 bits per heavy atom. The van der Waals surface area contributed by atoms with E-state index in [0.29, 0.717) is 24.2 Å². The first-order valence-corrected chi connectivity index (χ1v) is 6.96. The van der Waals surface area contributed by atoms with Gasteiger partial charge in [-0.1, -0.05) is 25.2 Å². The first-order valence-electron chi connectivity index (χ1n) is 6.96. The summed E-state index contributed by atoms with van der Waals surface area (Å²) in [4.78, 5) is 11.5. The van der Waals surface area contributed by atoms with E-state index in [9.17, 15) is 4.79 Å². The highest BCUT2D eigenvalue weighted by atomic mass is 16.3. The van der Waals surface area contributed by atoms with Gasteiger partial charge in [0.25, 0.3) is 5.91 Å². The maximum atomic E-state index is 11.5. The van der Waals surface area contributed by atoms with E-state index in [0.717, 1.165) is 24.8 Å². The number of amides is 1. The zero-order valence-electron chi connectivity index (χ0n) is 11.9. The second kappa shape index (κ2) is 9.00. The molecular weight excluding hydrogens is 252 g/mol. The third-order valence-electron chi connectivity index (χ3n) is 2.82. The van der Waals surface area contributed by atoms with E-state index in [4.69, 9.17) is 10.8 Å². The Hall–Kier alpha value is -1.99. The van der Waals surface area contributed by atoms with Crippen LogP contribution in [0.4, 0.5) is 5.69 Å². The highest BCUT2D eigenvalue weighted by Crippen LogP contribution is 2.17. The summed E-state index contributed by atoms with van der Waals surface area (Å²) in [5, 5.41) is 11.8. The van der Waals surface area contributed by atoms with Crippen molar-refractivity contribution in [1.82, 2.24) is 0 Å². The molecule has 0 bridgehead atoms. The van der Waals surface area contributed by atoms with Crippen LogP contribution in [0.25, 0.3) is 0 Å². The Labute approximate surface area is 120 Å². The number of nitrogens with one attached hydrogen (secondary N) is 1. The minimum absolute atomic E-state index is 0.111. The molecule has 0 saturated carbocycles. The van der Waals surface area contributed by atoms with E-state index < -0.39 is 5.91 Å². The van der Waals surface area contributed by atoms with E-state index in [2.05, 4.69) is 24.1 Å². The van der Waals surface area contributed by atoms with E-state index in [-0.39, 0.29) is 6.61 Å². The summed E-state index contributed by atoms with van der Waals surface area (Å²) >= 11 is 0. The molecule has 0 spiro atoms. The normalized spacial score (nSPS) is 9.70. The number of nitrogens with two attached hydrogens (primary N) is 1. The number of anilines is 1. The van der Waals surface area contributed by atoms with Crippen molar-refractivity contribution in [3.63, 3.8) is 0 Å². The van der Waals surface area contributed by atoms with Crippen molar-refractivity contribution >= 4 is 11.6 Å². The quantitative estimate of drug-likeness (QED) is 0.526. The number of aliphatic hydroxyl groups excluding tert-OH is 1. The fraction of sp³-hybridized carbons (Fsp3) is 0.438. The van der Waals surface area contributed by atoms with Crippen LogP contribution < -0.4 is 11.1 Å². The molecule has 1 rings (SSSR count). The summed E-state index contributed by atoms with van der Waals surface area (Å²) in [7, 11) is 0.